The first-order chi connectivity index (χ1) is 9.10. The van der Waals surface area contributed by atoms with E-state index in [1.807, 2.05) is 30.6 Å². The topological polar surface area (TPSA) is 96.7 Å². The van der Waals surface area contributed by atoms with Gasteiger partial charge in [-0.05, 0) is 0 Å². The van der Waals surface area contributed by atoms with E-state index in [4.69, 9.17) is 0 Å². The molecule has 9 nitrogen and oxygen atoms in total. The number of nitrogens with zero attached hydrogens (tertiary/aromatic N) is 7. The minimum Gasteiger partial charge on any atom is -0.357 e. The Labute approximate surface area is 111 Å². The van der Waals surface area contributed by atoms with E-state index in [0.29, 0.717) is 24.4 Å². The minimum atomic E-state index is 0.492. The van der Waals surface area contributed by atoms with Crippen LogP contribution in [0.4, 0.5) is 17.8 Å². The molecule has 0 saturated carbocycles. The predicted molar refractivity (Wildman–Crippen MR) is 72.0 cm³/mol. The Morgan fingerprint density at radius 3 is 2.53 bits per heavy atom. The molecule has 0 amide bonds. The molecule has 2 N–H and O–H groups in total. The van der Waals surface area contributed by atoms with Gasteiger partial charge in [-0.15, -0.1) is 10.2 Å². The molecule has 0 aliphatic heterocycles. The second-order valence-corrected chi connectivity index (χ2v) is 4.14. The molecule has 2 rings (SSSR count). The van der Waals surface area contributed by atoms with Gasteiger partial charge in [0, 0.05) is 28.2 Å². The Morgan fingerprint density at radius 2 is 1.95 bits per heavy atom. The molecule has 102 valence electrons. The van der Waals surface area contributed by atoms with Crippen LogP contribution in [0.2, 0.25) is 0 Å². The summed E-state index contributed by atoms with van der Waals surface area (Å²) < 4.78 is 1.83. The van der Waals surface area contributed by atoms with Crippen LogP contribution in [0, 0.1) is 0 Å². The highest BCUT2D eigenvalue weighted by molar-refractivity contribution is 5.42. The molecule has 0 aliphatic carbocycles. The first-order valence-electron chi connectivity index (χ1n) is 5.78. The van der Waals surface area contributed by atoms with Crippen molar-refractivity contribution < 1.29 is 0 Å². The summed E-state index contributed by atoms with van der Waals surface area (Å²) in [6.45, 7) is 0.497. The third kappa shape index (κ3) is 3.06. The lowest BCUT2D eigenvalue weighted by Crippen LogP contribution is -2.17. The van der Waals surface area contributed by atoms with Crippen LogP contribution in [0.3, 0.4) is 0 Å². The Morgan fingerprint density at radius 1 is 1.21 bits per heavy atom. The molecule has 0 bridgehead atoms. The lowest BCUT2D eigenvalue weighted by molar-refractivity contribution is 0.805. The van der Waals surface area contributed by atoms with Gasteiger partial charge in [0.25, 0.3) is 0 Å². The normalized spacial score (nSPS) is 10.3. The number of aromatic nitrogens is 6. The second-order valence-electron chi connectivity index (χ2n) is 4.14. The molecule has 19 heavy (non-hydrogen) atoms. The molecule has 0 unspecified atom stereocenters. The van der Waals surface area contributed by atoms with E-state index in [1.165, 1.54) is 0 Å². The fraction of sp³-hybridized carbons (Fsp3) is 0.500. The Kier molecular flexibility index (Phi) is 3.74. The van der Waals surface area contributed by atoms with Crippen molar-refractivity contribution in [3.8, 4) is 0 Å². The number of hydrogen-bond donors (Lipinski definition) is 2. The molecule has 2 aromatic heterocycles. The highest BCUT2D eigenvalue weighted by Gasteiger charge is 2.08. The van der Waals surface area contributed by atoms with Crippen LogP contribution in [0.25, 0.3) is 0 Å². The van der Waals surface area contributed by atoms with Gasteiger partial charge in [-0.25, -0.2) is 0 Å². The molecular formula is C10H17N9. The van der Waals surface area contributed by atoms with Crippen LogP contribution < -0.4 is 15.5 Å². The quantitative estimate of drug-likeness (QED) is 0.760. The largest absolute Gasteiger partial charge is 0.357 e. The molecule has 0 aromatic carbocycles. The molecule has 0 saturated heterocycles. The first kappa shape index (κ1) is 13.0. The fourth-order valence-electron chi connectivity index (χ4n) is 1.38. The monoisotopic (exact) mass is 263 g/mol. The minimum absolute atomic E-state index is 0.492. The standard InChI is InChI=1S/C10H17N9/c1-11-8-14-9(16-10(15-8)18(2)3)12-5-7-17-13-6-19(7)4/h6H,5H2,1-4H3,(H2,11,12,14,15,16). The second kappa shape index (κ2) is 5.46. The lowest BCUT2D eigenvalue weighted by atomic mass is 10.6. The van der Waals surface area contributed by atoms with Gasteiger partial charge in [0.15, 0.2) is 5.82 Å². The highest BCUT2D eigenvalue weighted by atomic mass is 15.3. The van der Waals surface area contributed by atoms with Crippen LogP contribution in [0.15, 0.2) is 6.33 Å². The van der Waals surface area contributed by atoms with Crippen LogP contribution >= 0.6 is 0 Å². The van der Waals surface area contributed by atoms with Crippen molar-refractivity contribution in [2.75, 3.05) is 36.7 Å². The summed E-state index contributed by atoms with van der Waals surface area (Å²) in [5, 5.41) is 13.8. The van der Waals surface area contributed by atoms with E-state index in [0.717, 1.165) is 5.82 Å². The van der Waals surface area contributed by atoms with E-state index >= 15 is 0 Å². The van der Waals surface area contributed by atoms with Gasteiger partial charge in [-0.1, -0.05) is 0 Å². The van der Waals surface area contributed by atoms with Crippen molar-refractivity contribution >= 4 is 17.8 Å². The molecule has 9 heteroatoms. The maximum atomic E-state index is 4.31. The molecule has 2 heterocycles. The van der Waals surface area contributed by atoms with E-state index in [2.05, 4.69) is 35.8 Å². The van der Waals surface area contributed by atoms with Gasteiger partial charge in [0.2, 0.25) is 17.8 Å². The molecular weight excluding hydrogens is 246 g/mol. The van der Waals surface area contributed by atoms with Gasteiger partial charge in [-0.2, -0.15) is 15.0 Å². The van der Waals surface area contributed by atoms with E-state index in [-0.39, 0.29) is 0 Å². The van der Waals surface area contributed by atoms with Crippen molar-refractivity contribution in [1.29, 1.82) is 0 Å². The molecule has 2 aromatic rings. The average molecular weight is 263 g/mol. The van der Waals surface area contributed by atoms with Crippen molar-refractivity contribution in [3.63, 3.8) is 0 Å². The molecule has 0 spiro atoms. The van der Waals surface area contributed by atoms with Crippen LogP contribution in [-0.2, 0) is 13.6 Å². The van der Waals surface area contributed by atoms with Gasteiger partial charge < -0.3 is 20.1 Å². The molecule has 0 aliphatic rings. The zero-order chi connectivity index (χ0) is 13.8. The maximum absolute atomic E-state index is 4.31. The summed E-state index contributed by atoms with van der Waals surface area (Å²) in [7, 11) is 7.40. The maximum Gasteiger partial charge on any atom is 0.231 e. The molecule has 0 atom stereocenters. The fourth-order valence-corrected chi connectivity index (χ4v) is 1.38. The summed E-state index contributed by atoms with van der Waals surface area (Å²) >= 11 is 0. The van der Waals surface area contributed by atoms with E-state index < -0.39 is 0 Å². The van der Waals surface area contributed by atoms with E-state index in [1.54, 1.807) is 13.4 Å². The Hall–Kier alpha value is -2.45. The number of anilines is 3. The van der Waals surface area contributed by atoms with Crippen molar-refractivity contribution in [2.45, 2.75) is 6.54 Å². The Balaban J connectivity index is 2.15. The third-order valence-electron chi connectivity index (χ3n) is 2.46. The Bertz CT molecular complexity index is 548. The summed E-state index contributed by atoms with van der Waals surface area (Å²) in [6.07, 6.45) is 1.65. The predicted octanol–water partition coefficient (Wildman–Crippen LogP) is -0.280. The zero-order valence-corrected chi connectivity index (χ0v) is 11.4. The van der Waals surface area contributed by atoms with Crippen LogP contribution in [-0.4, -0.2) is 50.9 Å². The summed E-state index contributed by atoms with van der Waals surface area (Å²) in [6, 6.07) is 0. The number of nitrogens with one attached hydrogen (secondary N) is 2. The molecule has 0 fully saturated rings. The summed E-state index contributed by atoms with van der Waals surface area (Å²) in [5.41, 5.74) is 0. The molecule has 0 radical (unpaired) electrons. The number of aryl methyl sites for hydroxylation is 1. The zero-order valence-electron chi connectivity index (χ0n) is 11.4. The van der Waals surface area contributed by atoms with Gasteiger partial charge >= 0.3 is 0 Å². The van der Waals surface area contributed by atoms with Crippen molar-refractivity contribution in [3.05, 3.63) is 12.2 Å². The van der Waals surface area contributed by atoms with Gasteiger partial charge in [-0.3, -0.25) is 0 Å². The third-order valence-corrected chi connectivity index (χ3v) is 2.46. The average Bonchev–Trinajstić information content (AvgIpc) is 2.81. The van der Waals surface area contributed by atoms with Gasteiger partial charge in [0.1, 0.15) is 6.33 Å². The van der Waals surface area contributed by atoms with Crippen LogP contribution in [0.5, 0.6) is 0 Å². The van der Waals surface area contributed by atoms with Crippen molar-refractivity contribution in [1.82, 2.24) is 29.7 Å². The number of hydrogen-bond acceptors (Lipinski definition) is 8. The summed E-state index contributed by atoms with van der Waals surface area (Å²) in [5.74, 6) is 2.39. The van der Waals surface area contributed by atoms with E-state index in [9.17, 15) is 0 Å². The summed E-state index contributed by atoms with van der Waals surface area (Å²) in [4.78, 5) is 14.6. The number of rotatable bonds is 5. The van der Waals surface area contributed by atoms with Gasteiger partial charge in [0.05, 0.1) is 6.54 Å². The van der Waals surface area contributed by atoms with Crippen LogP contribution in [0.1, 0.15) is 5.82 Å². The SMILES string of the molecule is CNc1nc(NCc2nncn2C)nc(N(C)C)n1. The van der Waals surface area contributed by atoms with Crippen molar-refractivity contribution in [2.24, 2.45) is 7.05 Å². The smallest absolute Gasteiger partial charge is 0.231 e. The first-order valence-corrected chi connectivity index (χ1v) is 5.78. The lowest BCUT2D eigenvalue weighted by Gasteiger charge is -2.13. The highest BCUT2D eigenvalue weighted by Crippen LogP contribution is 2.11.